The first-order valence-electron chi connectivity index (χ1n) is 10.1. The molecule has 0 heterocycles. The van der Waals surface area contributed by atoms with E-state index in [2.05, 4.69) is 5.32 Å². The predicted molar refractivity (Wildman–Crippen MR) is 118 cm³/mol. The molecule has 0 unspecified atom stereocenters. The molecule has 0 saturated heterocycles. The first-order chi connectivity index (χ1) is 14.9. The van der Waals surface area contributed by atoms with Crippen molar-refractivity contribution in [3.63, 3.8) is 0 Å². The summed E-state index contributed by atoms with van der Waals surface area (Å²) >= 11 is 5.99. The molecule has 1 aliphatic carbocycles. The van der Waals surface area contributed by atoms with Gasteiger partial charge in [-0.2, -0.15) is 13.2 Å². The molecule has 1 atom stereocenters. The monoisotopic (exact) mass is 488 g/mol. The van der Waals surface area contributed by atoms with E-state index < -0.39 is 45.9 Å². The zero-order valence-corrected chi connectivity index (χ0v) is 19.2. The SMILES string of the molecule is C[C@@H](NC(=O)CN(c1cc(C(F)(F)F)ccc1Cl)S(C)(=O)=O)c1ccc2c(c1)CCCC2. The van der Waals surface area contributed by atoms with E-state index in [-0.39, 0.29) is 5.02 Å². The first-order valence-corrected chi connectivity index (χ1v) is 12.3. The maximum Gasteiger partial charge on any atom is 0.416 e. The molecule has 0 fully saturated rings. The summed E-state index contributed by atoms with van der Waals surface area (Å²) in [6, 6.07) is 7.94. The highest BCUT2D eigenvalue weighted by atomic mass is 35.5. The molecular formula is C22H24ClF3N2O3S. The van der Waals surface area contributed by atoms with Crippen LogP contribution >= 0.6 is 11.6 Å². The number of amides is 1. The van der Waals surface area contributed by atoms with E-state index in [0.29, 0.717) is 10.4 Å². The maximum atomic E-state index is 13.1. The minimum atomic E-state index is -4.69. The highest BCUT2D eigenvalue weighted by Gasteiger charge is 2.33. The van der Waals surface area contributed by atoms with Crippen LogP contribution in [0.3, 0.4) is 0 Å². The minimum absolute atomic E-state index is 0.209. The van der Waals surface area contributed by atoms with Gasteiger partial charge in [0, 0.05) is 0 Å². The zero-order chi connectivity index (χ0) is 23.7. The van der Waals surface area contributed by atoms with E-state index in [1.54, 1.807) is 6.92 Å². The van der Waals surface area contributed by atoms with Crippen LogP contribution in [0, 0.1) is 0 Å². The lowest BCUT2D eigenvalue weighted by Gasteiger charge is -2.25. The summed E-state index contributed by atoms with van der Waals surface area (Å²) < 4.78 is 64.5. The number of anilines is 1. The van der Waals surface area contributed by atoms with E-state index in [4.69, 9.17) is 11.6 Å². The fourth-order valence-electron chi connectivity index (χ4n) is 3.78. The number of rotatable bonds is 6. The Morgan fingerprint density at radius 3 is 2.41 bits per heavy atom. The molecule has 0 spiro atoms. The molecule has 10 heteroatoms. The Balaban J connectivity index is 1.81. The number of nitrogens with zero attached hydrogens (tertiary/aromatic N) is 1. The second kappa shape index (κ2) is 9.31. The van der Waals surface area contributed by atoms with Gasteiger partial charge in [0.2, 0.25) is 15.9 Å². The molecule has 2 aromatic rings. The molecule has 1 aliphatic rings. The number of benzene rings is 2. The quantitative estimate of drug-likeness (QED) is 0.630. The summed E-state index contributed by atoms with van der Waals surface area (Å²) in [4.78, 5) is 12.7. The average Bonchev–Trinajstić information content (AvgIpc) is 2.70. The van der Waals surface area contributed by atoms with E-state index in [9.17, 15) is 26.4 Å². The molecule has 5 nitrogen and oxygen atoms in total. The Morgan fingerprint density at radius 2 is 1.78 bits per heavy atom. The zero-order valence-electron chi connectivity index (χ0n) is 17.7. The van der Waals surface area contributed by atoms with Gasteiger partial charge in [-0.15, -0.1) is 0 Å². The topological polar surface area (TPSA) is 66.5 Å². The molecule has 174 valence electrons. The van der Waals surface area contributed by atoms with E-state index in [1.165, 1.54) is 11.1 Å². The molecule has 0 aliphatic heterocycles. The molecule has 32 heavy (non-hydrogen) atoms. The van der Waals surface area contributed by atoms with Crippen LogP contribution in [-0.2, 0) is 33.8 Å². The molecule has 2 aromatic carbocycles. The summed E-state index contributed by atoms with van der Waals surface area (Å²) in [7, 11) is -4.09. The normalized spacial score (nSPS) is 15.1. The fraction of sp³-hybridized carbons (Fsp3) is 0.409. The van der Waals surface area contributed by atoms with Crippen LogP contribution < -0.4 is 9.62 Å². The number of nitrogens with one attached hydrogen (secondary N) is 1. The van der Waals surface area contributed by atoms with Gasteiger partial charge in [-0.25, -0.2) is 8.42 Å². The van der Waals surface area contributed by atoms with Gasteiger partial charge in [0.05, 0.1) is 28.6 Å². The first kappa shape index (κ1) is 24.4. The van der Waals surface area contributed by atoms with Gasteiger partial charge in [-0.3, -0.25) is 9.10 Å². The third-order valence-electron chi connectivity index (χ3n) is 5.48. The molecule has 1 N–H and O–H groups in total. The molecule has 0 aromatic heterocycles. The number of fused-ring (bicyclic) bond motifs is 1. The third-order valence-corrected chi connectivity index (χ3v) is 6.93. The van der Waals surface area contributed by atoms with Gasteiger partial charge < -0.3 is 5.32 Å². The number of alkyl halides is 3. The number of sulfonamides is 1. The number of carbonyl (C=O) groups is 1. The summed E-state index contributed by atoms with van der Waals surface area (Å²) in [5, 5.41) is 2.52. The summed E-state index contributed by atoms with van der Waals surface area (Å²) in [5.74, 6) is -0.658. The number of carbonyl (C=O) groups excluding carboxylic acids is 1. The second-order valence-corrected chi connectivity index (χ2v) is 10.3. The van der Waals surface area contributed by atoms with Crippen molar-refractivity contribution in [2.24, 2.45) is 0 Å². The van der Waals surface area contributed by atoms with Crippen LogP contribution in [0.1, 0.15) is 48.1 Å². The second-order valence-electron chi connectivity index (χ2n) is 7.96. The number of hydrogen-bond donors (Lipinski definition) is 1. The highest BCUT2D eigenvalue weighted by Crippen LogP contribution is 2.36. The molecule has 0 bridgehead atoms. The van der Waals surface area contributed by atoms with Crippen molar-refractivity contribution >= 4 is 33.2 Å². The van der Waals surface area contributed by atoms with Crippen LogP contribution in [0.4, 0.5) is 18.9 Å². The molecule has 0 radical (unpaired) electrons. The molecular weight excluding hydrogens is 465 g/mol. The van der Waals surface area contributed by atoms with Gasteiger partial charge in [-0.05, 0) is 67.5 Å². The van der Waals surface area contributed by atoms with Crippen molar-refractivity contribution in [3.8, 4) is 0 Å². The number of aryl methyl sites for hydroxylation is 2. The Hall–Kier alpha value is -2.26. The lowest BCUT2D eigenvalue weighted by Crippen LogP contribution is -2.41. The van der Waals surface area contributed by atoms with Crippen molar-refractivity contribution in [2.75, 3.05) is 17.1 Å². The lowest BCUT2D eigenvalue weighted by molar-refractivity contribution is -0.137. The van der Waals surface area contributed by atoms with Crippen LogP contribution in [-0.4, -0.2) is 27.1 Å². The highest BCUT2D eigenvalue weighted by molar-refractivity contribution is 7.92. The van der Waals surface area contributed by atoms with Crippen LogP contribution in [0.5, 0.6) is 0 Å². The standard InChI is InChI=1S/C22H24ClF3N2O3S/c1-14(16-8-7-15-5-3-4-6-17(15)11-16)27-21(29)13-28(32(2,30)31)20-12-18(22(24,25)26)9-10-19(20)23/h7-12,14H,3-6,13H2,1-2H3,(H,27,29)/t14-/m1/s1. The van der Waals surface area contributed by atoms with Gasteiger partial charge in [0.1, 0.15) is 6.54 Å². The van der Waals surface area contributed by atoms with Crippen molar-refractivity contribution in [3.05, 3.63) is 63.7 Å². The smallest absolute Gasteiger partial charge is 0.348 e. The Bertz CT molecular complexity index is 1120. The molecule has 0 saturated carbocycles. The largest absolute Gasteiger partial charge is 0.416 e. The Labute approximate surface area is 190 Å². The van der Waals surface area contributed by atoms with Crippen LogP contribution in [0.2, 0.25) is 5.02 Å². The van der Waals surface area contributed by atoms with Crippen molar-refractivity contribution < 1.29 is 26.4 Å². The van der Waals surface area contributed by atoms with Crippen molar-refractivity contribution in [1.29, 1.82) is 0 Å². The van der Waals surface area contributed by atoms with Gasteiger partial charge >= 0.3 is 6.18 Å². The molecule has 3 rings (SSSR count). The minimum Gasteiger partial charge on any atom is -0.348 e. The van der Waals surface area contributed by atoms with Gasteiger partial charge in [-0.1, -0.05) is 29.8 Å². The Morgan fingerprint density at radius 1 is 1.12 bits per heavy atom. The summed E-state index contributed by atoms with van der Waals surface area (Å²) in [5.41, 5.74) is 1.94. The van der Waals surface area contributed by atoms with E-state index in [1.807, 2.05) is 18.2 Å². The van der Waals surface area contributed by atoms with E-state index >= 15 is 0 Å². The van der Waals surface area contributed by atoms with Crippen molar-refractivity contribution in [1.82, 2.24) is 5.32 Å². The summed E-state index contributed by atoms with van der Waals surface area (Å²) in [6.45, 7) is 1.07. The third kappa shape index (κ3) is 5.75. The van der Waals surface area contributed by atoms with E-state index in [0.717, 1.165) is 49.6 Å². The fourth-order valence-corrected chi connectivity index (χ4v) is 4.91. The van der Waals surface area contributed by atoms with Gasteiger partial charge in [0.15, 0.2) is 0 Å². The number of halogens is 4. The summed E-state index contributed by atoms with van der Waals surface area (Å²) in [6.07, 6.45) is 0.378. The van der Waals surface area contributed by atoms with Gasteiger partial charge in [0.25, 0.3) is 0 Å². The van der Waals surface area contributed by atoms with Crippen molar-refractivity contribution in [2.45, 2.75) is 44.8 Å². The lowest BCUT2D eigenvalue weighted by atomic mass is 9.89. The maximum absolute atomic E-state index is 13.1. The molecule has 1 amide bonds. The van der Waals surface area contributed by atoms with Crippen LogP contribution in [0.25, 0.3) is 0 Å². The predicted octanol–water partition coefficient (Wildman–Crippen LogP) is 4.88. The number of hydrogen-bond acceptors (Lipinski definition) is 3. The average molecular weight is 489 g/mol. The Kier molecular flexibility index (Phi) is 7.09. The van der Waals surface area contributed by atoms with Crippen LogP contribution in [0.15, 0.2) is 36.4 Å².